The fourth-order valence-electron chi connectivity index (χ4n) is 0.893. The van der Waals surface area contributed by atoms with E-state index in [1.807, 2.05) is 0 Å². The quantitative estimate of drug-likeness (QED) is 0.775. The summed E-state index contributed by atoms with van der Waals surface area (Å²) in [6.45, 7) is 1.78. The highest BCUT2D eigenvalue weighted by molar-refractivity contribution is 6.02. The molecule has 0 aliphatic heterocycles. The standard InChI is InChI=1S/C11H12O4/c1-2-7-15-11(14)9-6-4-3-5-8(9)10(12)13/h3-6H,2,7H2,1H3,(H,12,13)/i3D,4D,5D,6D. The van der Waals surface area contributed by atoms with Crippen molar-refractivity contribution in [2.45, 2.75) is 13.3 Å². The Bertz CT molecular complexity index is 542. The molecule has 0 bridgehead atoms. The van der Waals surface area contributed by atoms with E-state index in [1.54, 1.807) is 6.92 Å². The molecule has 0 heterocycles. The fraction of sp³-hybridized carbons (Fsp3) is 0.273. The molecule has 0 atom stereocenters. The van der Waals surface area contributed by atoms with Gasteiger partial charge in [-0.15, -0.1) is 0 Å². The summed E-state index contributed by atoms with van der Waals surface area (Å²) in [5.74, 6) is -2.67. The van der Waals surface area contributed by atoms with Crippen molar-refractivity contribution < 1.29 is 24.9 Å². The van der Waals surface area contributed by atoms with E-state index < -0.39 is 47.2 Å². The van der Waals surface area contributed by atoms with Crippen molar-refractivity contribution in [3.05, 3.63) is 35.3 Å². The maximum Gasteiger partial charge on any atom is 0.339 e. The van der Waals surface area contributed by atoms with E-state index in [1.165, 1.54) is 0 Å². The summed E-state index contributed by atoms with van der Waals surface area (Å²) in [5, 5.41) is 9.00. The molecule has 0 fully saturated rings. The summed E-state index contributed by atoms with van der Waals surface area (Å²) in [6.07, 6.45) is 0.513. The molecule has 0 amide bonds. The predicted octanol–water partition coefficient (Wildman–Crippen LogP) is 1.95. The Morgan fingerprint density at radius 3 is 2.53 bits per heavy atom. The van der Waals surface area contributed by atoms with E-state index in [9.17, 15) is 9.59 Å². The minimum atomic E-state index is -1.60. The van der Waals surface area contributed by atoms with Crippen LogP contribution in [-0.2, 0) is 4.74 Å². The highest BCUT2D eigenvalue weighted by Gasteiger charge is 2.16. The Kier molecular flexibility index (Phi) is 2.27. The Balaban J connectivity index is 3.52. The number of ether oxygens (including phenoxy) is 1. The second-order valence-electron chi connectivity index (χ2n) is 2.69. The van der Waals surface area contributed by atoms with Crippen molar-refractivity contribution in [2.24, 2.45) is 0 Å². The Morgan fingerprint density at radius 1 is 1.40 bits per heavy atom. The molecule has 80 valence electrons. The van der Waals surface area contributed by atoms with Gasteiger partial charge < -0.3 is 9.84 Å². The highest BCUT2D eigenvalue weighted by atomic mass is 16.5. The molecule has 4 heteroatoms. The molecule has 15 heavy (non-hydrogen) atoms. The van der Waals surface area contributed by atoms with Gasteiger partial charge in [0.2, 0.25) is 0 Å². The van der Waals surface area contributed by atoms with E-state index in [2.05, 4.69) is 0 Å². The summed E-state index contributed by atoms with van der Waals surface area (Å²) >= 11 is 0. The van der Waals surface area contributed by atoms with Gasteiger partial charge in [0.25, 0.3) is 0 Å². The van der Waals surface area contributed by atoms with E-state index >= 15 is 0 Å². The van der Waals surface area contributed by atoms with Gasteiger partial charge in [-0.1, -0.05) is 19.0 Å². The first-order valence-electron chi connectivity index (χ1n) is 6.33. The molecule has 1 rings (SSSR count). The van der Waals surface area contributed by atoms with Crippen molar-refractivity contribution in [3.8, 4) is 0 Å². The van der Waals surface area contributed by atoms with Gasteiger partial charge in [0.1, 0.15) is 0 Å². The van der Waals surface area contributed by atoms with E-state index in [4.69, 9.17) is 15.3 Å². The number of carbonyl (C=O) groups is 2. The van der Waals surface area contributed by atoms with Crippen LogP contribution in [0.15, 0.2) is 24.2 Å². The molecule has 0 saturated heterocycles. The van der Waals surface area contributed by atoms with E-state index in [0.29, 0.717) is 6.42 Å². The van der Waals surface area contributed by atoms with Gasteiger partial charge in [0, 0.05) is 0 Å². The first-order chi connectivity index (χ1) is 8.82. The van der Waals surface area contributed by atoms with Crippen LogP contribution in [0, 0.1) is 0 Å². The monoisotopic (exact) mass is 212 g/mol. The molecule has 0 spiro atoms. The third-order valence-corrected chi connectivity index (χ3v) is 1.54. The van der Waals surface area contributed by atoms with E-state index in [0.717, 1.165) is 0 Å². The number of hydrogen-bond donors (Lipinski definition) is 1. The third kappa shape index (κ3) is 2.80. The van der Waals surface area contributed by atoms with Crippen LogP contribution in [0.1, 0.15) is 39.5 Å². The molecule has 0 aliphatic carbocycles. The number of hydrogen-bond acceptors (Lipinski definition) is 3. The van der Waals surface area contributed by atoms with Gasteiger partial charge in [-0.3, -0.25) is 0 Å². The van der Waals surface area contributed by atoms with Crippen molar-refractivity contribution >= 4 is 11.9 Å². The number of benzene rings is 1. The number of carboxylic acid groups (broad SMARTS) is 1. The molecule has 0 aromatic heterocycles. The van der Waals surface area contributed by atoms with Crippen LogP contribution in [0.2, 0.25) is 0 Å². The maximum absolute atomic E-state index is 11.7. The summed E-state index contributed by atoms with van der Waals surface area (Å²) in [4.78, 5) is 22.8. The topological polar surface area (TPSA) is 63.6 Å². The largest absolute Gasteiger partial charge is 0.478 e. The lowest BCUT2D eigenvalue weighted by molar-refractivity contribution is 0.0494. The predicted molar refractivity (Wildman–Crippen MR) is 54.0 cm³/mol. The van der Waals surface area contributed by atoms with Gasteiger partial charge in [-0.2, -0.15) is 0 Å². The molecule has 0 radical (unpaired) electrons. The van der Waals surface area contributed by atoms with Gasteiger partial charge in [-0.05, 0) is 18.5 Å². The zero-order valence-electron chi connectivity index (χ0n) is 12.1. The first-order valence-corrected chi connectivity index (χ1v) is 4.33. The summed E-state index contributed by atoms with van der Waals surface area (Å²) in [5.41, 5.74) is -1.42. The molecule has 0 unspecified atom stereocenters. The summed E-state index contributed by atoms with van der Waals surface area (Å²) in [7, 11) is 0. The molecule has 1 N–H and O–H groups in total. The second kappa shape index (κ2) is 5.14. The Labute approximate surface area is 93.1 Å². The maximum atomic E-state index is 11.7. The molecular formula is C11H12O4. The summed E-state index contributed by atoms with van der Waals surface area (Å²) in [6, 6.07) is -2.84. The van der Waals surface area contributed by atoms with Gasteiger partial charge in [0.05, 0.1) is 23.2 Å². The Hall–Kier alpha value is -1.84. The van der Waals surface area contributed by atoms with E-state index in [-0.39, 0.29) is 6.61 Å². The number of carbonyl (C=O) groups excluding carboxylic acids is 1. The SMILES string of the molecule is [2H]c1c([2H])c([2H])c(C(=O)OCCC)c(C(=O)O)c1[2H]. The lowest BCUT2D eigenvalue weighted by Gasteiger charge is -2.05. The van der Waals surface area contributed by atoms with Gasteiger partial charge in [-0.25, -0.2) is 9.59 Å². The third-order valence-electron chi connectivity index (χ3n) is 1.54. The molecule has 1 aromatic carbocycles. The molecule has 4 nitrogen and oxygen atoms in total. The number of rotatable bonds is 4. The molecule has 1 aromatic rings. The van der Waals surface area contributed by atoms with Crippen molar-refractivity contribution in [3.63, 3.8) is 0 Å². The fourth-order valence-corrected chi connectivity index (χ4v) is 0.893. The van der Waals surface area contributed by atoms with Gasteiger partial charge in [0.15, 0.2) is 0 Å². The average Bonchev–Trinajstić information content (AvgIpc) is 2.36. The molecule has 0 aliphatic rings. The first kappa shape index (κ1) is 6.61. The number of carboxylic acids is 1. The second-order valence-corrected chi connectivity index (χ2v) is 2.69. The lowest BCUT2D eigenvalue weighted by Crippen LogP contribution is -2.11. The van der Waals surface area contributed by atoms with Crippen LogP contribution in [0.3, 0.4) is 0 Å². The highest BCUT2D eigenvalue weighted by Crippen LogP contribution is 2.10. The molecular weight excluding hydrogens is 196 g/mol. The smallest absolute Gasteiger partial charge is 0.339 e. The van der Waals surface area contributed by atoms with Crippen LogP contribution in [0.4, 0.5) is 0 Å². The lowest BCUT2D eigenvalue weighted by atomic mass is 10.1. The minimum Gasteiger partial charge on any atom is -0.478 e. The minimum absolute atomic E-state index is 0.0423. The zero-order chi connectivity index (χ0) is 14.7. The van der Waals surface area contributed by atoms with Gasteiger partial charge >= 0.3 is 11.9 Å². The number of esters is 1. The zero-order valence-corrected chi connectivity index (χ0v) is 8.09. The summed E-state index contributed by atoms with van der Waals surface area (Å²) < 4.78 is 34.6. The van der Waals surface area contributed by atoms with Crippen molar-refractivity contribution in [2.75, 3.05) is 6.61 Å². The average molecular weight is 212 g/mol. The normalized spacial score (nSPS) is 13.4. The van der Waals surface area contributed by atoms with Crippen LogP contribution in [0.5, 0.6) is 0 Å². The van der Waals surface area contributed by atoms with Crippen LogP contribution in [-0.4, -0.2) is 23.7 Å². The van der Waals surface area contributed by atoms with Crippen LogP contribution >= 0.6 is 0 Å². The number of aromatic carboxylic acids is 1. The van der Waals surface area contributed by atoms with Crippen LogP contribution < -0.4 is 0 Å². The Morgan fingerprint density at radius 2 is 2.00 bits per heavy atom. The molecule has 0 saturated carbocycles. The van der Waals surface area contributed by atoms with Crippen molar-refractivity contribution in [1.29, 1.82) is 0 Å². The van der Waals surface area contributed by atoms with Crippen molar-refractivity contribution in [1.82, 2.24) is 0 Å². The van der Waals surface area contributed by atoms with Crippen LogP contribution in [0.25, 0.3) is 0 Å².